The van der Waals surface area contributed by atoms with Crippen LogP contribution in [0.2, 0.25) is 0 Å². The Morgan fingerprint density at radius 3 is 2.27 bits per heavy atom. The quantitative estimate of drug-likeness (QED) is 0.674. The number of aryl methyl sites for hydroxylation is 1. The summed E-state index contributed by atoms with van der Waals surface area (Å²) >= 11 is 0. The first-order chi connectivity index (χ1) is 12.5. The van der Waals surface area contributed by atoms with E-state index in [-0.39, 0.29) is 0 Å². The molecule has 1 aromatic heterocycles. The average Bonchev–Trinajstić information content (AvgIpc) is 2.58. The largest absolute Gasteiger partial charge is 0.372 e. The molecular weight excluding hydrogens is 322 g/mol. The Labute approximate surface area is 158 Å². The summed E-state index contributed by atoms with van der Waals surface area (Å²) in [5.74, 6) is 0.927. The molecule has 1 N–H and O–H groups in total. The average molecular weight is 356 g/mol. The van der Waals surface area contributed by atoms with Crippen LogP contribution in [0.15, 0.2) is 42.5 Å². The van der Waals surface area contributed by atoms with Crippen LogP contribution in [-0.4, -0.2) is 35.1 Å². The Kier molecular flexibility index (Phi) is 8.07. The third kappa shape index (κ3) is 6.77. The van der Waals surface area contributed by atoms with E-state index in [9.17, 15) is 0 Å². The van der Waals surface area contributed by atoms with Crippen molar-refractivity contribution in [3.8, 4) is 0 Å². The zero-order chi connectivity index (χ0) is 18.9. The SMILES string of the molecule is Cc1cc(COCc2ccccc2)cc(NCCN(C(C)C)C(C)C)n1. The van der Waals surface area contributed by atoms with Crippen molar-refractivity contribution in [3.63, 3.8) is 0 Å². The highest BCUT2D eigenvalue weighted by Crippen LogP contribution is 2.13. The smallest absolute Gasteiger partial charge is 0.126 e. The lowest BCUT2D eigenvalue weighted by Gasteiger charge is -2.30. The van der Waals surface area contributed by atoms with E-state index >= 15 is 0 Å². The van der Waals surface area contributed by atoms with Crippen LogP contribution >= 0.6 is 0 Å². The monoisotopic (exact) mass is 355 g/mol. The molecule has 0 saturated heterocycles. The molecule has 0 amide bonds. The van der Waals surface area contributed by atoms with Crippen LogP contribution in [-0.2, 0) is 18.0 Å². The Balaban J connectivity index is 1.86. The van der Waals surface area contributed by atoms with Crippen molar-refractivity contribution < 1.29 is 4.74 Å². The predicted octanol–water partition coefficient (Wildman–Crippen LogP) is 4.64. The third-order valence-corrected chi connectivity index (χ3v) is 4.40. The fraction of sp³-hybridized carbons (Fsp3) is 0.500. The van der Waals surface area contributed by atoms with E-state index in [1.807, 2.05) is 25.1 Å². The number of nitrogens with one attached hydrogen (secondary N) is 1. The van der Waals surface area contributed by atoms with Gasteiger partial charge in [-0.1, -0.05) is 30.3 Å². The van der Waals surface area contributed by atoms with Crippen molar-refractivity contribution in [2.75, 3.05) is 18.4 Å². The predicted molar refractivity (Wildman–Crippen MR) is 109 cm³/mol. The molecule has 4 heteroatoms. The van der Waals surface area contributed by atoms with Crippen LogP contribution in [0.1, 0.15) is 44.5 Å². The first kappa shape index (κ1) is 20.4. The van der Waals surface area contributed by atoms with E-state index in [4.69, 9.17) is 4.74 Å². The van der Waals surface area contributed by atoms with Crippen molar-refractivity contribution in [1.29, 1.82) is 0 Å². The van der Waals surface area contributed by atoms with Gasteiger partial charge >= 0.3 is 0 Å². The van der Waals surface area contributed by atoms with Crippen LogP contribution in [0.5, 0.6) is 0 Å². The molecule has 0 atom stereocenters. The van der Waals surface area contributed by atoms with Gasteiger partial charge in [-0.3, -0.25) is 4.90 Å². The van der Waals surface area contributed by atoms with Crippen molar-refractivity contribution >= 4 is 5.82 Å². The van der Waals surface area contributed by atoms with Crippen LogP contribution in [0.4, 0.5) is 5.82 Å². The Morgan fingerprint density at radius 2 is 1.62 bits per heavy atom. The summed E-state index contributed by atoms with van der Waals surface area (Å²) in [6, 6.07) is 15.5. The lowest BCUT2D eigenvalue weighted by Crippen LogP contribution is -2.40. The van der Waals surface area contributed by atoms with Crippen molar-refractivity contribution in [2.45, 2.75) is 59.9 Å². The van der Waals surface area contributed by atoms with E-state index in [0.29, 0.717) is 25.3 Å². The number of aromatic nitrogens is 1. The number of nitrogens with zero attached hydrogens (tertiary/aromatic N) is 2. The van der Waals surface area contributed by atoms with Gasteiger partial charge in [-0.25, -0.2) is 4.98 Å². The van der Waals surface area contributed by atoms with E-state index < -0.39 is 0 Å². The number of hydrogen-bond acceptors (Lipinski definition) is 4. The molecule has 0 aliphatic carbocycles. The number of pyridine rings is 1. The highest BCUT2D eigenvalue weighted by atomic mass is 16.5. The van der Waals surface area contributed by atoms with Crippen LogP contribution in [0, 0.1) is 6.92 Å². The fourth-order valence-electron chi connectivity index (χ4n) is 3.20. The molecule has 0 bridgehead atoms. The summed E-state index contributed by atoms with van der Waals surface area (Å²) in [4.78, 5) is 7.08. The normalized spacial score (nSPS) is 11.5. The van der Waals surface area contributed by atoms with Gasteiger partial charge in [0.25, 0.3) is 0 Å². The van der Waals surface area contributed by atoms with E-state index in [1.54, 1.807) is 0 Å². The molecule has 0 radical (unpaired) electrons. The minimum atomic E-state index is 0.546. The number of rotatable bonds is 10. The molecule has 2 aromatic rings. The van der Waals surface area contributed by atoms with E-state index in [0.717, 1.165) is 30.2 Å². The molecule has 2 rings (SSSR count). The minimum Gasteiger partial charge on any atom is -0.372 e. The maximum atomic E-state index is 5.86. The van der Waals surface area contributed by atoms with Gasteiger partial charge in [-0.2, -0.15) is 0 Å². The summed E-state index contributed by atoms with van der Waals surface area (Å²) in [5.41, 5.74) is 3.36. The lowest BCUT2D eigenvalue weighted by molar-refractivity contribution is 0.107. The van der Waals surface area contributed by atoms with Gasteiger partial charge in [-0.05, 0) is 57.9 Å². The topological polar surface area (TPSA) is 37.4 Å². The van der Waals surface area contributed by atoms with Crippen molar-refractivity contribution in [1.82, 2.24) is 9.88 Å². The molecule has 0 unspecified atom stereocenters. The van der Waals surface area contributed by atoms with Gasteiger partial charge in [0, 0.05) is 30.9 Å². The van der Waals surface area contributed by atoms with Crippen LogP contribution < -0.4 is 5.32 Å². The highest BCUT2D eigenvalue weighted by molar-refractivity contribution is 5.39. The Hall–Kier alpha value is -1.91. The number of ether oxygens (including phenoxy) is 1. The van der Waals surface area contributed by atoms with Gasteiger partial charge in [0.05, 0.1) is 13.2 Å². The molecule has 1 aromatic carbocycles. The number of hydrogen-bond donors (Lipinski definition) is 1. The summed E-state index contributed by atoms with van der Waals surface area (Å²) in [7, 11) is 0. The summed E-state index contributed by atoms with van der Waals surface area (Å²) in [6.45, 7) is 14.1. The van der Waals surface area contributed by atoms with E-state index in [1.165, 1.54) is 5.56 Å². The first-order valence-electron chi connectivity index (χ1n) is 9.54. The molecule has 0 saturated carbocycles. The number of anilines is 1. The second-order valence-electron chi connectivity index (χ2n) is 7.33. The third-order valence-electron chi connectivity index (χ3n) is 4.40. The zero-order valence-electron chi connectivity index (χ0n) is 16.8. The fourth-order valence-corrected chi connectivity index (χ4v) is 3.20. The number of benzene rings is 1. The standard InChI is InChI=1S/C22H33N3O/c1-17(2)25(18(3)4)12-11-23-22-14-21(13-19(5)24-22)16-26-15-20-9-7-6-8-10-20/h6-10,13-14,17-18H,11-12,15-16H2,1-5H3,(H,23,24). The molecule has 142 valence electrons. The van der Waals surface area contributed by atoms with Gasteiger partial charge in [0.15, 0.2) is 0 Å². The molecule has 0 spiro atoms. The summed E-state index contributed by atoms with van der Waals surface area (Å²) < 4.78 is 5.86. The van der Waals surface area contributed by atoms with Crippen molar-refractivity contribution in [2.24, 2.45) is 0 Å². The maximum Gasteiger partial charge on any atom is 0.126 e. The summed E-state index contributed by atoms with van der Waals surface area (Å²) in [5, 5.41) is 3.47. The minimum absolute atomic E-state index is 0.546. The maximum absolute atomic E-state index is 5.86. The van der Waals surface area contributed by atoms with Gasteiger partial charge in [0.2, 0.25) is 0 Å². The Morgan fingerprint density at radius 1 is 0.962 bits per heavy atom. The molecule has 0 aliphatic heterocycles. The van der Waals surface area contributed by atoms with Crippen molar-refractivity contribution in [3.05, 3.63) is 59.3 Å². The second kappa shape index (κ2) is 10.3. The molecule has 26 heavy (non-hydrogen) atoms. The van der Waals surface area contributed by atoms with Gasteiger partial charge < -0.3 is 10.1 Å². The molecule has 4 nitrogen and oxygen atoms in total. The molecule has 0 fully saturated rings. The van der Waals surface area contributed by atoms with E-state index in [2.05, 4.69) is 67.2 Å². The zero-order valence-corrected chi connectivity index (χ0v) is 16.8. The van der Waals surface area contributed by atoms with Gasteiger partial charge in [-0.15, -0.1) is 0 Å². The van der Waals surface area contributed by atoms with Gasteiger partial charge in [0.1, 0.15) is 5.82 Å². The highest BCUT2D eigenvalue weighted by Gasteiger charge is 2.12. The van der Waals surface area contributed by atoms with Crippen LogP contribution in [0.25, 0.3) is 0 Å². The molecular formula is C22H33N3O. The van der Waals surface area contributed by atoms with Crippen LogP contribution in [0.3, 0.4) is 0 Å². The molecule has 0 aliphatic rings. The first-order valence-corrected chi connectivity index (χ1v) is 9.54. The Bertz CT molecular complexity index is 648. The molecule has 1 heterocycles. The second-order valence-corrected chi connectivity index (χ2v) is 7.33. The lowest BCUT2D eigenvalue weighted by atomic mass is 10.2. The summed E-state index contributed by atoms with van der Waals surface area (Å²) in [6.07, 6.45) is 0.